The third kappa shape index (κ3) is 3.89. The maximum Gasteiger partial charge on any atom is 0.0809 e. The summed E-state index contributed by atoms with van der Waals surface area (Å²) < 4.78 is 10.9. The third-order valence-electron chi connectivity index (χ3n) is 1.97. The Labute approximate surface area is 71.7 Å². The summed E-state index contributed by atoms with van der Waals surface area (Å²) in [5.41, 5.74) is 0. The molecule has 11 heavy (non-hydrogen) atoms. The summed E-state index contributed by atoms with van der Waals surface area (Å²) in [6, 6.07) is 1.35. The highest BCUT2D eigenvalue weighted by Crippen LogP contribution is 2.11. The van der Waals surface area contributed by atoms with Crippen LogP contribution in [0.5, 0.6) is 0 Å². The molecule has 2 nitrogen and oxygen atoms in total. The van der Waals surface area contributed by atoms with Gasteiger partial charge in [0.1, 0.15) is 0 Å². The Morgan fingerprint density at radius 1 is 1.55 bits per heavy atom. The van der Waals surface area contributed by atoms with Crippen LogP contribution < -0.4 is 0 Å². The van der Waals surface area contributed by atoms with E-state index < -0.39 is 0 Å². The van der Waals surface area contributed by atoms with Gasteiger partial charge >= 0.3 is 0 Å². The highest BCUT2D eigenvalue weighted by Gasteiger charge is 2.14. The van der Waals surface area contributed by atoms with E-state index in [1.165, 1.54) is 35.5 Å². The van der Waals surface area contributed by atoms with E-state index >= 15 is 0 Å². The average Bonchev–Trinajstić information content (AvgIpc) is 2.50. The van der Waals surface area contributed by atoms with Crippen molar-refractivity contribution in [1.29, 1.82) is 0 Å². The topological polar surface area (TPSA) is 18.5 Å². The zero-order valence-corrected chi connectivity index (χ0v) is 9.34. The van der Waals surface area contributed by atoms with Crippen LogP contribution in [0.2, 0.25) is 6.04 Å². The van der Waals surface area contributed by atoms with Crippen molar-refractivity contribution in [1.82, 2.24) is 0 Å². The van der Waals surface area contributed by atoms with Crippen molar-refractivity contribution in [3.8, 4) is 0 Å². The second-order valence-electron chi connectivity index (χ2n) is 3.06. The normalized spacial score (nSPS) is 24.5. The number of rotatable bonds is 5. The van der Waals surface area contributed by atoms with Gasteiger partial charge in [0.2, 0.25) is 0 Å². The second-order valence-corrected chi connectivity index (χ2v) is 4.06. The minimum atomic E-state index is 0.407. The molecule has 1 fully saturated rings. The van der Waals surface area contributed by atoms with Gasteiger partial charge in [-0.3, -0.25) is 0 Å². The molecular formula is C8H18O2Si. The zero-order chi connectivity index (χ0) is 7.94. The van der Waals surface area contributed by atoms with Crippen LogP contribution in [0.25, 0.3) is 0 Å². The number of hydrogen-bond acceptors (Lipinski definition) is 2. The van der Waals surface area contributed by atoms with E-state index in [0.29, 0.717) is 6.10 Å². The largest absolute Gasteiger partial charge is 0.379 e. The summed E-state index contributed by atoms with van der Waals surface area (Å²) >= 11 is 0. The van der Waals surface area contributed by atoms with Crippen LogP contribution in [0.15, 0.2) is 0 Å². The smallest absolute Gasteiger partial charge is 0.0809 e. The van der Waals surface area contributed by atoms with Gasteiger partial charge in [0.15, 0.2) is 0 Å². The third-order valence-corrected chi connectivity index (χ3v) is 2.68. The van der Waals surface area contributed by atoms with Gasteiger partial charge in [-0.25, -0.2) is 0 Å². The molecule has 1 aliphatic rings. The van der Waals surface area contributed by atoms with Gasteiger partial charge in [-0.05, 0) is 19.3 Å². The summed E-state index contributed by atoms with van der Waals surface area (Å²) in [5, 5.41) is 0. The molecule has 1 rings (SSSR count). The number of hydrogen-bond donors (Lipinski definition) is 0. The molecule has 1 aliphatic heterocycles. The Hall–Kier alpha value is 0.137. The molecule has 0 radical (unpaired) electrons. The van der Waals surface area contributed by atoms with Gasteiger partial charge < -0.3 is 9.47 Å². The molecule has 0 saturated carbocycles. The van der Waals surface area contributed by atoms with Crippen molar-refractivity contribution in [2.75, 3.05) is 19.8 Å². The van der Waals surface area contributed by atoms with Crippen LogP contribution in [0.1, 0.15) is 19.3 Å². The lowest BCUT2D eigenvalue weighted by Crippen LogP contribution is -2.14. The minimum absolute atomic E-state index is 0.407. The summed E-state index contributed by atoms with van der Waals surface area (Å²) in [6.45, 7) is 2.69. The van der Waals surface area contributed by atoms with Gasteiger partial charge in [0.05, 0.1) is 12.7 Å². The van der Waals surface area contributed by atoms with Crippen molar-refractivity contribution in [2.24, 2.45) is 0 Å². The predicted molar refractivity (Wildman–Crippen MR) is 49.2 cm³/mol. The molecule has 0 N–H and O–H groups in total. The van der Waals surface area contributed by atoms with E-state index in [1.54, 1.807) is 0 Å². The first-order valence-electron chi connectivity index (χ1n) is 4.63. The molecule has 0 aromatic rings. The quantitative estimate of drug-likeness (QED) is 0.442. The maximum atomic E-state index is 5.46. The van der Waals surface area contributed by atoms with Gasteiger partial charge in [-0.15, -0.1) is 0 Å². The van der Waals surface area contributed by atoms with E-state index in [9.17, 15) is 0 Å². The molecule has 1 unspecified atom stereocenters. The van der Waals surface area contributed by atoms with E-state index in [-0.39, 0.29) is 0 Å². The van der Waals surface area contributed by atoms with Gasteiger partial charge in [0, 0.05) is 23.5 Å². The second kappa shape index (κ2) is 5.74. The predicted octanol–water partition coefficient (Wildman–Crippen LogP) is 0.356. The van der Waals surface area contributed by atoms with Crippen LogP contribution in [-0.2, 0) is 9.47 Å². The fraction of sp³-hybridized carbons (Fsp3) is 1.00. The fourth-order valence-electron chi connectivity index (χ4n) is 1.24. The van der Waals surface area contributed by atoms with Crippen LogP contribution in [0.3, 0.4) is 0 Å². The molecule has 0 bridgehead atoms. The summed E-state index contributed by atoms with van der Waals surface area (Å²) in [5.74, 6) is 0. The fourth-order valence-corrected chi connectivity index (χ4v) is 1.53. The standard InChI is InChI=1S/C8H18O2Si/c11-6-2-4-9-7-8-3-1-5-10-8/h8H,1-7H2,11H3. The Kier molecular flexibility index (Phi) is 4.82. The first kappa shape index (κ1) is 9.23. The lowest BCUT2D eigenvalue weighted by molar-refractivity contribution is 0.0175. The molecule has 1 atom stereocenters. The molecule has 66 valence electrons. The summed E-state index contributed by atoms with van der Waals surface area (Å²) in [4.78, 5) is 0. The van der Waals surface area contributed by atoms with Gasteiger partial charge in [0.25, 0.3) is 0 Å². The summed E-state index contributed by atoms with van der Waals surface area (Å²) in [6.07, 6.45) is 4.05. The molecule has 0 aromatic heterocycles. The number of ether oxygens (including phenoxy) is 2. The van der Waals surface area contributed by atoms with Crippen LogP contribution >= 0.6 is 0 Å². The van der Waals surface area contributed by atoms with Crippen LogP contribution in [0.4, 0.5) is 0 Å². The molecule has 3 heteroatoms. The van der Waals surface area contributed by atoms with Gasteiger partial charge in [-0.2, -0.15) is 0 Å². The van der Waals surface area contributed by atoms with E-state index in [1.807, 2.05) is 0 Å². The lowest BCUT2D eigenvalue weighted by atomic mass is 10.2. The lowest BCUT2D eigenvalue weighted by Gasteiger charge is -2.08. The first-order valence-corrected chi connectivity index (χ1v) is 6.04. The molecule has 0 amide bonds. The molecule has 0 spiro atoms. The van der Waals surface area contributed by atoms with Crippen molar-refractivity contribution in [3.05, 3.63) is 0 Å². The van der Waals surface area contributed by atoms with Crippen molar-refractivity contribution >= 4 is 10.2 Å². The van der Waals surface area contributed by atoms with E-state index in [2.05, 4.69) is 0 Å². The van der Waals surface area contributed by atoms with Crippen molar-refractivity contribution in [2.45, 2.75) is 31.4 Å². The Morgan fingerprint density at radius 3 is 3.09 bits per heavy atom. The molecule has 0 aromatic carbocycles. The van der Waals surface area contributed by atoms with Gasteiger partial charge in [-0.1, -0.05) is 6.04 Å². The average molecular weight is 174 g/mol. The first-order chi connectivity index (χ1) is 5.43. The van der Waals surface area contributed by atoms with Crippen molar-refractivity contribution < 1.29 is 9.47 Å². The molecule has 1 saturated heterocycles. The van der Waals surface area contributed by atoms with E-state index in [0.717, 1.165) is 19.8 Å². The Balaban J connectivity index is 1.86. The highest BCUT2D eigenvalue weighted by molar-refractivity contribution is 6.08. The molecule has 1 heterocycles. The van der Waals surface area contributed by atoms with Crippen LogP contribution in [0, 0.1) is 0 Å². The highest BCUT2D eigenvalue weighted by atomic mass is 28.1. The van der Waals surface area contributed by atoms with Crippen molar-refractivity contribution in [3.63, 3.8) is 0 Å². The van der Waals surface area contributed by atoms with Crippen LogP contribution in [-0.4, -0.2) is 36.2 Å². The Morgan fingerprint density at radius 2 is 2.45 bits per heavy atom. The monoisotopic (exact) mass is 174 g/mol. The summed E-state index contributed by atoms with van der Waals surface area (Å²) in [7, 11) is 1.31. The maximum absolute atomic E-state index is 5.46. The Bertz CT molecular complexity index is 92.1. The molecular weight excluding hydrogens is 156 g/mol. The minimum Gasteiger partial charge on any atom is -0.379 e. The zero-order valence-electron chi connectivity index (χ0n) is 7.34. The molecule has 0 aliphatic carbocycles. The van der Waals surface area contributed by atoms with E-state index in [4.69, 9.17) is 9.47 Å². The SMILES string of the molecule is [SiH3]CCCOCC1CCCO1.